The molecule has 1 heterocycles. The number of ether oxygens (including phenoxy) is 2. The topological polar surface area (TPSA) is 42.2 Å². The Kier molecular flexibility index (Phi) is 3.38. The number of hydrogen-bond acceptors (Lipinski definition) is 3. The van der Waals surface area contributed by atoms with Crippen molar-refractivity contribution in [2.45, 2.75) is 43.8 Å². The molecule has 4 heteroatoms. The average Bonchev–Trinajstić information content (AvgIpc) is 2.37. The minimum Gasteiger partial charge on any atom is -0.489 e. The van der Waals surface area contributed by atoms with Gasteiger partial charge in [-0.15, -0.1) is 0 Å². The summed E-state index contributed by atoms with van der Waals surface area (Å²) in [6, 6.07) is 7.29. The summed E-state index contributed by atoms with van der Waals surface area (Å²) in [6.45, 7) is 0.743. The molecule has 1 aromatic rings. The quantitative estimate of drug-likeness (QED) is 0.828. The van der Waals surface area contributed by atoms with Gasteiger partial charge in [-0.2, -0.15) is 5.26 Å². The summed E-state index contributed by atoms with van der Waals surface area (Å²) in [5.41, 5.74) is 0.590. The van der Waals surface area contributed by atoms with Crippen molar-refractivity contribution in [1.29, 1.82) is 5.26 Å². The largest absolute Gasteiger partial charge is 0.489 e. The predicted octanol–water partition coefficient (Wildman–Crippen LogP) is 3.69. The molecule has 0 aromatic heterocycles. The number of benzene rings is 1. The lowest BCUT2D eigenvalue weighted by Gasteiger charge is -2.46. The fraction of sp³-hybridized carbons (Fsp3) is 0.533. The monoisotopic (exact) mass is 277 g/mol. The predicted molar refractivity (Wildman–Crippen MR) is 72.4 cm³/mol. The maximum atomic E-state index is 9.10. The second-order valence-corrected chi connectivity index (χ2v) is 5.81. The zero-order valence-electron chi connectivity index (χ0n) is 10.7. The van der Waals surface area contributed by atoms with Gasteiger partial charge in [0.1, 0.15) is 17.9 Å². The highest BCUT2D eigenvalue weighted by Gasteiger charge is 2.43. The summed E-state index contributed by atoms with van der Waals surface area (Å²) in [5.74, 6) is 0.594. The summed E-state index contributed by atoms with van der Waals surface area (Å²) in [6.07, 6.45) is 5.43. The molecule has 2 aliphatic rings. The van der Waals surface area contributed by atoms with Crippen molar-refractivity contribution in [3.63, 3.8) is 0 Å². The van der Waals surface area contributed by atoms with Gasteiger partial charge >= 0.3 is 0 Å². The molecule has 0 N–H and O–H groups in total. The van der Waals surface area contributed by atoms with Crippen LogP contribution in [-0.2, 0) is 4.74 Å². The van der Waals surface area contributed by atoms with E-state index in [2.05, 4.69) is 6.07 Å². The fourth-order valence-electron chi connectivity index (χ4n) is 2.87. The Bertz CT molecular complexity index is 519. The summed E-state index contributed by atoms with van der Waals surface area (Å²) in [7, 11) is 0. The number of halogens is 1. The normalized spacial score (nSPS) is 24.5. The molecule has 1 aliphatic heterocycles. The van der Waals surface area contributed by atoms with Gasteiger partial charge in [0.2, 0.25) is 0 Å². The van der Waals surface area contributed by atoms with Gasteiger partial charge in [-0.1, -0.05) is 11.6 Å². The minimum absolute atomic E-state index is 0.0499. The molecule has 3 rings (SSSR count). The highest BCUT2D eigenvalue weighted by molar-refractivity contribution is 6.30. The van der Waals surface area contributed by atoms with E-state index in [0.717, 1.165) is 32.3 Å². The van der Waals surface area contributed by atoms with Gasteiger partial charge in [0.05, 0.1) is 17.8 Å². The van der Waals surface area contributed by atoms with E-state index >= 15 is 0 Å². The third-order valence-electron chi connectivity index (χ3n) is 4.07. The van der Waals surface area contributed by atoms with E-state index < -0.39 is 0 Å². The van der Waals surface area contributed by atoms with E-state index in [9.17, 15) is 0 Å². The molecule has 1 spiro atoms. The van der Waals surface area contributed by atoms with Crippen molar-refractivity contribution in [3.8, 4) is 11.8 Å². The molecule has 0 amide bonds. The van der Waals surface area contributed by atoms with Gasteiger partial charge in [-0.25, -0.2) is 0 Å². The van der Waals surface area contributed by atoms with Crippen LogP contribution in [0.5, 0.6) is 5.75 Å². The molecule has 1 atom stereocenters. The fourth-order valence-corrected chi connectivity index (χ4v) is 3.03. The molecule has 1 aliphatic carbocycles. The smallest absolute Gasteiger partial charge is 0.138 e. The molecule has 0 bridgehead atoms. The highest BCUT2D eigenvalue weighted by atomic mass is 35.5. The maximum Gasteiger partial charge on any atom is 0.138 e. The number of hydrogen-bond donors (Lipinski definition) is 0. The van der Waals surface area contributed by atoms with Crippen LogP contribution in [-0.4, -0.2) is 18.3 Å². The van der Waals surface area contributed by atoms with Crippen LogP contribution < -0.4 is 4.74 Å². The van der Waals surface area contributed by atoms with E-state index in [0.29, 0.717) is 16.3 Å². The molecule has 3 nitrogen and oxygen atoms in total. The Balaban J connectivity index is 1.74. The van der Waals surface area contributed by atoms with Crippen LogP contribution in [0.1, 0.15) is 37.7 Å². The highest BCUT2D eigenvalue weighted by Crippen LogP contribution is 2.43. The Labute approximate surface area is 118 Å². The molecule has 19 heavy (non-hydrogen) atoms. The van der Waals surface area contributed by atoms with Crippen LogP contribution in [0.2, 0.25) is 5.02 Å². The van der Waals surface area contributed by atoms with Crippen LogP contribution >= 0.6 is 11.6 Å². The average molecular weight is 278 g/mol. The number of nitrogens with zero attached hydrogens (tertiary/aromatic N) is 1. The van der Waals surface area contributed by atoms with Gasteiger partial charge in [0, 0.05) is 23.9 Å². The molecule has 1 aromatic carbocycles. The molecule has 1 saturated carbocycles. The first-order valence-corrected chi connectivity index (χ1v) is 7.09. The summed E-state index contributed by atoms with van der Waals surface area (Å²) in [4.78, 5) is 0. The third kappa shape index (κ3) is 2.56. The van der Waals surface area contributed by atoms with E-state index in [-0.39, 0.29) is 11.7 Å². The van der Waals surface area contributed by atoms with E-state index in [4.69, 9.17) is 26.3 Å². The first-order chi connectivity index (χ1) is 9.21. The molecule has 0 radical (unpaired) electrons. The molecular formula is C15H16ClNO2. The number of rotatable bonds is 2. The van der Waals surface area contributed by atoms with Crippen LogP contribution in [0.3, 0.4) is 0 Å². The summed E-state index contributed by atoms with van der Waals surface area (Å²) < 4.78 is 11.9. The van der Waals surface area contributed by atoms with Crippen LogP contribution in [0, 0.1) is 11.3 Å². The lowest BCUT2D eigenvalue weighted by atomic mass is 9.74. The molecule has 1 saturated heterocycles. The SMILES string of the molecule is N#Cc1ccc(Cl)cc1OC1CCOC2(CCC2)C1. The van der Waals surface area contributed by atoms with Gasteiger partial charge in [-0.3, -0.25) is 0 Å². The second kappa shape index (κ2) is 5.03. The summed E-state index contributed by atoms with van der Waals surface area (Å²) in [5, 5.41) is 9.70. The molecule has 2 fully saturated rings. The first kappa shape index (κ1) is 12.8. The second-order valence-electron chi connectivity index (χ2n) is 5.37. The lowest BCUT2D eigenvalue weighted by molar-refractivity contribution is -0.153. The third-order valence-corrected chi connectivity index (χ3v) is 4.31. The minimum atomic E-state index is 0.0499. The molecule has 100 valence electrons. The Morgan fingerprint density at radius 2 is 2.26 bits per heavy atom. The maximum absolute atomic E-state index is 9.10. The lowest BCUT2D eigenvalue weighted by Crippen LogP contribution is -2.48. The van der Waals surface area contributed by atoms with Gasteiger partial charge in [-0.05, 0) is 31.4 Å². The Hall–Kier alpha value is -1.24. The van der Waals surface area contributed by atoms with Crippen LogP contribution in [0.15, 0.2) is 18.2 Å². The van der Waals surface area contributed by atoms with Crippen molar-refractivity contribution in [1.82, 2.24) is 0 Å². The van der Waals surface area contributed by atoms with Crippen molar-refractivity contribution in [2.75, 3.05) is 6.61 Å². The summed E-state index contributed by atoms with van der Waals surface area (Å²) >= 11 is 5.97. The van der Waals surface area contributed by atoms with E-state index in [1.54, 1.807) is 18.2 Å². The number of nitriles is 1. The van der Waals surface area contributed by atoms with Crippen molar-refractivity contribution >= 4 is 11.6 Å². The zero-order valence-corrected chi connectivity index (χ0v) is 11.4. The first-order valence-electron chi connectivity index (χ1n) is 6.71. The van der Waals surface area contributed by atoms with Gasteiger partial charge < -0.3 is 9.47 Å². The van der Waals surface area contributed by atoms with Gasteiger partial charge in [0.25, 0.3) is 0 Å². The zero-order chi connectivity index (χ0) is 13.3. The molecular weight excluding hydrogens is 262 g/mol. The Morgan fingerprint density at radius 1 is 1.42 bits per heavy atom. The van der Waals surface area contributed by atoms with E-state index in [1.165, 1.54) is 6.42 Å². The molecule has 1 unspecified atom stereocenters. The standard InChI is InChI=1S/C15H16ClNO2/c16-12-3-2-11(10-17)14(8-12)19-13-4-7-18-15(9-13)5-1-6-15/h2-3,8,13H,1,4-7,9H2. The van der Waals surface area contributed by atoms with Gasteiger partial charge in [0.15, 0.2) is 0 Å². The van der Waals surface area contributed by atoms with Crippen LogP contribution in [0.4, 0.5) is 0 Å². The van der Waals surface area contributed by atoms with Crippen molar-refractivity contribution in [3.05, 3.63) is 28.8 Å². The van der Waals surface area contributed by atoms with Crippen molar-refractivity contribution in [2.24, 2.45) is 0 Å². The van der Waals surface area contributed by atoms with Crippen molar-refractivity contribution < 1.29 is 9.47 Å². The van der Waals surface area contributed by atoms with Crippen LogP contribution in [0.25, 0.3) is 0 Å². The van der Waals surface area contributed by atoms with E-state index in [1.807, 2.05) is 0 Å². The Morgan fingerprint density at radius 3 is 2.95 bits per heavy atom.